The van der Waals surface area contributed by atoms with E-state index >= 15 is 0 Å². The molecule has 242 valence electrons. The number of carbonyl (C=O) groups excluding carboxylic acids is 2. The molecule has 0 saturated carbocycles. The van der Waals surface area contributed by atoms with Crippen molar-refractivity contribution in [3.8, 4) is 0 Å². The van der Waals surface area contributed by atoms with Gasteiger partial charge in [-0.1, -0.05) is 115 Å². The van der Waals surface area contributed by atoms with E-state index in [4.69, 9.17) is 14.2 Å². The van der Waals surface area contributed by atoms with Crippen LogP contribution in [0.5, 0.6) is 0 Å². The van der Waals surface area contributed by atoms with Gasteiger partial charge in [-0.3, -0.25) is 9.59 Å². The summed E-state index contributed by atoms with van der Waals surface area (Å²) in [7, 11) is 0. The normalized spacial score (nSPS) is 18.2. The van der Waals surface area contributed by atoms with Gasteiger partial charge in [-0.15, -0.1) is 0 Å². The van der Waals surface area contributed by atoms with Crippen LogP contribution in [0.3, 0.4) is 0 Å². The average molecular weight is 591 g/mol. The maximum absolute atomic E-state index is 11.9. The van der Waals surface area contributed by atoms with Crippen LogP contribution >= 0.6 is 0 Å². The summed E-state index contributed by atoms with van der Waals surface area (Å²) in [6.45, 7) is 6.50. The fraction of sp³-hybridized carbons (Fsp3) is 0.778. The van der Waals surface area contributed by atoms with Crippen molar-refractivity contribution in [1.82, 2.24) is 0 Å². The number of aliphatic hydroxyl groups is 1. The first kappa shape index (κ1) is 38.1. The molecule has 0 aromatic carbocycles. The third kappa shape index (κ3) is 23.6. The van der Waals surface area contributed by atoms with Crippen molar-refractivity contribution < 1.29 is 28.9 Å². The van der Waals surface area contributed by atoms with Crippen LogP contribution < -0.4 is 0 Å². The number of ether oxygens (including phenoxy) is 3. The number of unbranched alkanes of at least 4 members (excludes halogenated alkanes) is 9. The fourth-order valence-corrected chi connectivity index (χ4v) is 4.68. The van der Waals surface area contributed by atoms with E-state index in [1.54, 1.807) is 0 Å². The number of hydrogen-bond donors (Lipinski definition) is 1. The van der Waals surface area contributed by atoms with Crippen LogP contribution in [0, 0.1) is 5.92 Å². The number of carbonyl (C=O) groups is 2. The average Bonchev–Trinajstić information content (AvgIpc) is 3.74. The van der Waals surface area contributed by atoms with E-state index in [0.717, 1.165) is 50.9 Å². The highest BCUT2D eigenvalue weighted by atomic mass is 16.6. The molecule has 1 heterocycles. The lowest BCUT2D eigenvalue weighted by Crippen LogP contribution is -2.25. The molecule has 4 atom stereocenters. The van der Waals surface area contributed by atoms with Gasteiger partial charge in [0.25, 0.3) is 0 Å². The Balaban J connectivity index is 1.91. The molecule has 0 aliphatic carbocycles. The number of aliphatic hydroxyl groups excluding tert-OH is 1. The lowest BCUT2D eigenvalue weighted by atomic mass is 10.00. The van der Waals surface area contributed by atoms with Crippen molar-refractivity contribution in [2.75, 3.05) is 13.2 Å². The van der Waals surface area contributed by atoms with Crippen LogP contribution in [0.1, 0.15) is 143 Å². The molecule has 3 unspecified atom stereocenters. The molecule has 1 aliphatic rings. The summed E-state index contributed by atoms with van der Waals surface area (Å²) in [6.07, 6.45) is 32.3. The van der Waals surface area contributed by atoms with Crippen LogP contribution in [-0.2, 0) is 23.8 Å². The predicted molar refractivity (Wildman–Crippen MR) is 172 cm³/mol. The number of rotatable bonds is 28. The van der Waals surface area contributed by atoms with E-state index in [1.807, 2.05) is 0 Å². The highest BCUT2D eigenvalue weighted by Gasteiger charge is 2.35. The molecule has 1 N–H and O–H groups in total. The Kier molecular flexibility index (Phi) is 24.2. The molecule has 1 rings (SSSR count). The summed E-state index contributed by atoms with van der Waals surface area (Å²) in [4.78, 5) is 23.8. The standard InChI is InChI=1S/C36H62O6/c1-4-6-7-8-15-20-25-33-34(42-33)26-21-16-10-9-11-17-22-27-35(38)40-29-32(37)30-41-36(39)28-23-18-13-12-14-19-24-31(3)5-2/h9,11,15-16,20-21,31-34,37H,4-8,10,12-14,17-19,22-30H2,1-3H3/b11-9-,20-15-,21-16-/t31?,32-,33?,34?/m0/s1. The van der Waals surface area contributed by atoms with E-state index in [0.29, 0.717) is 31.5 Å². The Bertz CT molecular complexity index is 758. The van der Waals surface area contributed by atoms with Gasteiger partial charge in [0.2, 0.25) is 0 Å². The highest BCUT2D eigenvalue weighted by Crippen LogP contribution is 2.29. The van der Waals surface area contributed by atoms with Crippen molar-refractivity contribution in [2.24, 2.45) is 5.92 Å². The highest BCUT2D eigenvalue weighted by molar-refractivity contribution is 5.69. The minimum Gasteiger partial charge on any atom is -0.463 e. The summed E-state index contributed by atoms with van der Waals surface area (Å²) in [6, 6.07) is 0. The summed E-state index contributed by atoms with van der Waals surface area (Å²) >= 11 is 0. The smallest absolute Gasteiger partial charge is 0.305 e. The third-order valence-corrected chi connectivity index (χ3v) is 7.82. The van der Waals surface area contributed by atoms with Crippen molar-refractivity contribution in [2.45, 2.75) is 161 Å². The van der Waals surface area contributed by atoms with Crippen molar-refractivity contribution in [1.29, 1.82) is 0 Å². The second-order valence-electron chi connectivity index (χ2n) is 11.9. The van der Waals surface area contributed by atoms with Gasteiger partial charge in [-0.25, -0.2) is 0 Å². The maximum Gasteiger partial charge on any atom is 0.305 e. The molecule has 42 heavy (non-hydrogen) atoms. The first-order valence-electron chi connectivity index (χ1n) is 17.1. The van der Waals surface area contributed by atoms with Crippen LogP contribution in [0.15, 0.2) is 36.5 Å². The number of esters is 2. The lowest BCUT2D eigenvalue weighted by molar-refractivity contribution is -0.152. The molecule has 0 aromatic rings. The molecular formula is C36H62O6. The summed E-state index contributed by atoms with van der Waals surface area (Å²) < 4.78 is 16.0. The van der Waals surface area contributed by atoms with Crippen LogP contribution in [-0.4, -0.2) is 48.6 Å². The molecular weight excluding hydrogens is 528 g/mol. The number of allylic oxidation sites excluding steroid dienone is 4. The summed E-state index contributed by atoms with van der Waals surface area (Å²) in [5.41, 5.74) is 0. The fourth-order valence-electron chi connectivity index (χ4n) is 4.68. The zero-order valence-electron chi connectivity index (χ0n) is 27.1. The van der Waals surface area contributed by atoms with Crippen LogP contribution in [0.25, 0.3) is 0 Å². The Morgan fingerprint density at radius 2 is 1.26 bits per heavy atom. The molecule has 6 nitrogen and oxygen atoms in total. The Morgan fingerprint density at radius 1 is 0.714 bits per heavy atom. The van der Waals surface area contributed by atoms with Crippen molar-refractivity contribution >= 4 is 11.9 Å². The number of hydrogen-bond acceptors (Lipinski definition) is 6. The molecule has 0 radical (unpaired) electrons. The second kappa shape index (κ2) is 26.7. The van der Waals surface area contributed by atoms with Crippen molar-refractivity contribution in [3.63, 3.8) is 0 Å². The zero-order chi connectivity index (χ0) is 30.7. The third-order valence-electron chi connectivity index (χ3n) is 7.82. The van der Waals surface area contributed by atoms with Gasteiger partial charge in [-0.05, 0) is 57.3 Å². The van der Waals surface area contributed by atoms with Gasteiger partial charge in [0.1, 0.15) is 19.3 Å². The monoisotopic (exact) mass is 590 g/mol. The number of epoxide rings is 1. The second-order valence-corrected chi connectivity index (χ2v) is 11.9. The van der Waals surface area contributed by atoms with Crippen LogP contribution in [0.2, 0.25) is 0 Å². The first-order chi connectivity index (χ1) is 20.5. The van der Waals surface area contributed by atoms with E-state index in [-0.39, 0.29) is 25.2 Å². The molecule has 0 aromatic heterocycles. The lowest BCUT2D eigenvalue weighted by Gasteiger charge is -2.12. The van der Waals surface area contributed by atoms with Gasteiger partial charge in [0, 0.05) is 12.8 Å². The zero-order valence-corrected chi connectivity index (χ0v) is 27.1. The molecule has 0 bridgehead atoms. The topological polar surface area (TPSA) is 85.4 Å². The van der Waals surface area contributed by atoms with E-state index < -0.39 is 6.10 Å². The molecule has 0 amide bonds. The summed E-state index contributed by atoms with van der Waals surface area (Å²) in [5, 5.41) is 9.95. The molecule has 1 aliphatic heterocycles. The largest absolute Gasteiger partial charge is 0.463 e. The van der Waals surface area contributed by atoms with Gasteiger partial charge < -0.3 is 19.3 Å². The molecule has 0 spiro atoms. The van der Waals surface area contributed by atoms with E-state index in [2.05, 4.69) is 57.2 Å². The van der Waals surface area contributed by atoms with E-state index in [1.165, 1.54) is 57.8 Å². The predicted octanol–water partition coefficient (Wildman–Crippen LogP) is 8.96. The quantitative estimate of drug-likeness (QED) is 0.0424. The minimum atomic E-state index is -0.988. The molecule has 6 heteroatoms. The molecule has 1 saturated heterocycles. The van der Waals surface area contributed by atoms with Gasteiger partial charge in [0.15, 0.2) is 0 Å². The maximum atomic E-state index is 11.9. The first-order valence-corrected chi connectivity index (χ1v) is 17.1. The van der Waals surface area contributed by atoms with Crippen molar-refractivity contribution in [3.05, 3.63) is 36.5 Å². The Labute approximate surface area is 257 Å². The van der Waals surface area contributed by atoms with E-state index in [9.17, 15) is 14.7 Å². The molecule has 1 fully saturated rings. The van der Waals surface area contributed by atoms with Gasteiger partial charge in [-0.2, -0.15) is 0 Å². The summed E-state index contributed by atoms with van der Waals surface area (Å²) in [5.74, 6) is 0.182. The minimum absolute atomic E-state index is 0.137. The SMILES string of the molecule is CCCCC/C=C\CC1OC1C/C=C\C/C=C\CCCC(=O)OC[C@H](O)COC(=O)CCCCCCCCC(C)CC. The Morgan fingerprint density at radius 3 is 1.93 bits per heavy atom. The van der Waals surface area contributed by atoms with Gasteiger partial charge >= 0.3 is 11.9 Å². The van der Waals surface area contributed by atoms with Gasteiger partial charge in [0.05, 0.1) is 12.2 Å². The Hall–Kier alpha value is -1.92. The van der Waals surface area contributed by atoms with Crippen LogP contribution in [0.4, 0.5) is 0 Å².